The lowest BCUT2D eigenvalue weighted by Crippen LogP contribution is -2.02. The topological polar surface area (TPSA) is 66.5 Å². The molecule has 0 spiro atoms. The first-order valence-electron chi connectivity index (χ1n) is 5.54. The highest BCUT2D eigenvalue weighted by Crippen LogP contribution is 2.13. The van der Waals surface area contributed by atoms with Crippen LogP contribution >= 0.6 is 0 Å². The van der Waals surface area contributed by atoms with Gasteiger partial charge < -0.3 is 5.32 Å². The number of nitriles is 1. The Balaban J connectivity index is 2.38. The fraction of sp³-hybridized carbons (Fsp3) is 0.154. The molecule has 0 aliphatic heterocycles. The van der Waals surface area contributed by atoms with E-state index in [1.165, 1.54) is 4.80 Å². The van der Waals surface area contributed by atoms with Crippen molar-refractivity contribution >= 4 is 5.82 Å². The van der Waals surface area contributed by atoms with Crippen LogP contribution < -0.4 is 5.32 Å². The summed E-state index contributed by atoms with van der Waals surface area (Å²) in [6.07, 6.45) is 1.70. The molecule has 5 heteroatoms. The third kappa shape index (κ3) is 2.38. The molecule has 2 rings (SSSR count). The minimum Gasteiger partial charge on any atom is -0.363 e. The minimum atomic E-state index is 0.276. The first-order chi connectivity index (χ1) is 8.74. The van der Waals surface area contributed by atoms with E-state index in [4.69, 9.17) is 5.26 Å². The maximum Gasteiger partial charge on any atom is 0.207 e. The predicted octanol–water partition coefficient (Wildman–Crippen LogP) is 2.05. The molecule has 0 fully saturated rings. The molecule has 1 N–H and O–H groups in total. The van der Waals surface area contributed by atoms with Crippen molar-refractivity contribution in [2.75, 3.05) is 11.9 Å². The zero-order valence-corrected chi connectivity index (χ0v) is 10.1. The van der Waals surface area contributed by atoms with E-state index in [1.807, 2.05) is 37.3 Å². The molecule has 0 saturated heterocycles. The van der Waals surface area contributed by atoms with Crippen molar-refractivity contribution in [1.29, 1.82) is 5.26 Å². The summed E-state index contributed by atoms with van der Waals surface area (Å²) in [5.41, 5.74) is 2.22. The Morgan fingerprint density at radius 1 is 1.50 bits per heavy atom. The number of nitrogens with one attached hydrogen (secondary N) is 1. The van der Waals surface area contributed by atoms with Crippen LogP contribution in [0, 0.1) is 18.3 Å². The highest BCUT2D eigenvalue weighted by molar-refractivity contribution is 5.48. The molecule has 90 valence electrons. The van der Waals surface area contributed by atoms with Crippen LogP contribution in [0.15, 0.2) is 36.9 Å². The summed E-state index contributed by atoms with van der Waals surface area (Å²) < 4.78 is 0. The highest BCUT2D eigenvalue weighted by atomic mass is 15.5. The average Bonchev–Trinajstić information content (AvgIpc) is 2.79. The van der Waals surface area contributed by atoms with E-state index in [0.717, 1.165) is 11.3 Å². The van der Waals surface area contributed by atoms with Gasteiger partial charge in [0.05, 0.1) is 5.69 Å². The van der Waals surface area contributed by atoms with Crippen LogP contribution in [0.25, 0.3) is 5.69 Å². The Labute approximate surface area is 105 Å². The molecule has 0 radical (unpaired) electrons. The number of hydrogen-bond donors (Lipinski definition) is 1. The first-order valence-corrected chi connectivity index (χ1v) is 5.54. The molecule has 0 saturated carbocycles. The van der Waals surface area contributed by atoms with Crippen LogP contribution in [0.2, 0.25) is 0 Å². The maximum atomic E-state index is 9.00. The fourth-order valence-corrected chi connectivity index (χ4v) is 1.54. The van der Waals surface area contributed by atoms with Gasteiger partial charge in [-0.05, 0) is 24.6 Å². The van der Waals surface area contributed by atoms with Gasteiger partial charge in [-0.1, -0.05) is 18.2 Å². The van der Waals surface area contributed by atoms with Gasteiger partial charge in [-0.15, -0.1) is 21.6 Å². The summed E-state index contributed by atoms with van der Waals surface area (Å²) in [4.78, 5) is 1.46. The van der Waals surface area contributed by atoms with E-state index in [-0.39, 0.29) is 5.69 Å². The molecule has 5 nitrogen and oxygen atoms in total. The third-order valence-corrected chi connectivity index (χ3v) is 2.37. The van der Waals surface area contributed by atoms with E-state index in [1.54, 1.807) is 6.08 Å². The summed E-state index contributed by atoms with van der Waals surface area (Å²) >= 11 is 0. The molecule has 0 atom stereocenters. The molecule has 0 amide bonds. The highest BCUT2D eigenvalue weighted by Gasteiger charge is 2.10. The Morgan fingerprint density at radius 3 is 3.00 bits per heavy atom. The Bertz CT molecular complexity index is 606. The fourth-order valence-electron chi connectivity index (χ4n) is 1.54. The van der Waals surface area contributed by atoms with E-state index in [9.17, 15) is 0 Å². The largest absolute Gasteiger partial charge is 0.363 e. The van der Waals surface area contributed by atoms with Crippen molar-refractivity contribution in [1.82, 2.24) is 15.0 Å². The smallest absolute Gasteiger partial charge is 0.207 e. The van der Waals surface area contributed by atoms with Crippen molar-refractivity contribution in [3.8, 4) is 11.8 Å². The Hall–Kier alpha value is -2.61. The lowest BCUT2D eigenvalue weighted by molar-refractivity contribution is 0.750. The lowest BCUT2D eigenvalue weighted by atomic mass is 10.2. The summed E-state index contributed by atoms with van der Waals surface area (Å²) in [5, 5.41) is 20.4. The molecule has 2 aromatic rings. The summed E-state index contributed by atoms with van der Waals surface area (Å²) in [5.74, 6) is 0.471. The van der Waals surface area contributed by atoms with Gasteiger partial charge in [-0.3, -0.25) is 0 Å². The van der Waals surface area contributed by atoms with Crippen LogP contribution in [0.3, 0.4) is 0 Å². The molecule has 0 aliphatic rings. The standard InChI is InChI=1S/C13H13N5/c1-3-7-15-13-12(9-14)16-18(17-13)11-6-4-5-10(2)8-11/h3-6,8H,1,7H2,2H3,(H,15,17). The van der Waals surface area contributed by atoms with Gasteiger partial charge in [0.15, 0.2) is 5.82 Å². The van der Waals surface area contributed by atoms with Gasteiger partial charge in [-0.25, -0.2) is 0 Å². The number of benzene rings is 1. The number of anilines is 1. The zero-order chi connectivity index (χ0) is 13.0. The minimum absolute atomic E-state index is 0.276. The molecule has 1 heterocycles. The van der Waals surface area contributed by atoms with E-state index >= 15 is 0 Å². The van der Waals surface area contributed by atoms with Gasteiger partial charge in [0, 0.05) is 6.54 Å². The zero-order valence-electron chi connectivity index (χ0n) is 10.1. The van der Waals surface area contributed by atoms with Crippen LogP contribution in [-0.2, 0) is 0 Å². The number of aromatic nitrogens is 3. The molecule has 1 aromatic carbocycles. The van der Waals surface area contributed by atoms with Gasteiger partial charge in [-0.2, -0.15) is 5.26 Å². The van der Waals surface area contributed by atoms with Gasteiger partial charge >= 0.3 is 0 Å². The molecule has 0 aliphatic carbocycles. The molecule has 1 aromatic heterocycles. The monoisotopic (exact) mass is 239 g/mol. The first kappa shape index (κ1) is 11.9. The summed E-state index contributed by atoms with van der Waals surface area (Å²) in [6, 6.07) is 9.79. The molecule has 18 heavy (non-hydrogen) atoms. The lowest BCUT2D eigenvalue weighted by Gasteiger charge is -2.00. The van der Waals surface area contributed by atoms with Crippen LogP contribution in [0.5, 0.6) is 0 Å². The second kappa shape index (κ2) is 5.15. The number of aryl methyl sites for hydroxylation is 1. The van der Waals surface area contributed by atoms with Crippen molar-refractivity contribution in [3.05, 3.63) is 48.2 Å². The van der Waals surface area contributed by atoms with Crippen molar-refractivity contribution in [3.63, 3.8) is 0 Å². The van der Waals surface area contributed by atoms with Crippen molar-refractivity contribution < 1.29 is 0 Å². The molecular formula is C13H13N5. The summed E-state index contributed by atoms with van der Waals surface area (Å²) in [6.45, 7) is 6.15. The van der Waals surface area contributed by atoms with Crippen molar-refractivity contribution in [2.24, 2.45) is 0 Å². The molecule has 0 bridgehead atoms. The second-order valence-corrected chi connectivity index (χ2v) is 3.81. The predicted molar refractivity (Wildman–Crippen MR) is 69.5 cm³/mol. The van der Waals surface area contributed by atoms with E-state index in [0.29, 0.717) is 12.4 Å². The number of rotatable bonds is 4. The van der Waals surface area contributed by atoms with Crippen LogP contribution in [0.1, 0.15) is 11.3 Å². The van der Waals surface area contributed by atoms with Gasteiger partial charge in [0.1, 0.15) is 6.07 Å². The van der Waals surface area contributed by atoms with E-state index < -0.39 is 0 Å². The molecule has 0 unspecified atom stereocenters. The summed E-state index contributed by atoms with van der Waals surface area (Å²) in [7, 11) is 0. The molecular weight excluding hydrogens is 226 g/mol. The SMILES string of the molecule is C=CCNc1nn(-c2cccc(C)c2)nc1C#N. The Kier molecular flexibility index (Phi) is 3.39. The van der Waals surface area contributed by atoms with Crippen LogP contribution in [-0.4, -0.2) is 21.5 Å². The normalized spacial score (nSPS) is 9.78. The number of hydrogen-bond acceptors (Lipinski definition) is 4. The van der Waals surface area contributed by atoms with Gasteiger partial charge in [0.2, 0.25) is 5.69 Å². The van der Waals surface area contributed by atoms with Crippen LogP contribution in [0.4, 0.5) is 5.82 Å². The Morgan fingerprint density at radius 2 is 2.33 bits per heavy atom. The van der Waals surface area contributed by atoms with E-state index in [2.05, 4.69) is 22.1 Å². The van der Waals surface area contributed by atoms with Gasteiger partial charge in [0.25, 0.3) is 0 Å². The maximum absolute atomic E-state index is 9.00. The van der Waals surface area contributed by atoms with Crippen molar-refractivity contribution in [2.45, 2.75) is 6.92 Å². The number of nitrogens with zero attached hydrogens (tertiary/aromatic N) is 4. The quantitative estimate of drug-likeness (QED) is 0.829. The average molecular weight is 239 g/mol. The second-order valence-electron chi connectivity index (χ2n) is 3.81. The third-order valence-electron chi connectivity index (χ3n) is 2.37.